The number of nitrogens with zero attached hydrogens (tertiary/aromatic N) is 1. The minimum Gasteiger partial charge on any atom is -0.504 e. The predicted molar refractivity (Wildman–Crippen MR) is 194 cm³/mol. The Bertz CT molecular complexity index is 1830. The highest BCUT2D eigenvalue weighted by molar-refractivity contribution is 5.63. The zero-order valence-electron chi connectivity index (χ0n) is 30.6. The SMILES string of the molecule is CC(CNCCC(Oc1ccc(C(F)(F)F)cc1)c1ccccc1)CC1(C)C[C@@]2(CC[C@@]3(O)[C@H]4Cc5ccc(O)c6c5[C@@]3(CCN4CC3CC3)[C@H]2O6)O1. The first-order valence-electron chi connectivity index (χ1n) is 19.6. The van der Waals surface area contributed by atoms with E-state index in [2.05, 4.69) is 30.1 Å². The van der Waals surface area contributed by atoms with E-state index in [-0.39, 0.29) is 29.6 Å². The molecule has 3 aromatic carbocycles. The largest absolute Gasteiger partial charge is 0.504 e. The van der Waals surface area contributed by atoms with E-state index in [1.54, 1.807) is 6.07 Å². The van der Waals surface area contributed by atoms with Gasteiger partial charge in [0.1, 0.15) is 23.6 Å². The number of fused-ring (bicyclic) bond motifs is 1. The van der Waals surface area contributed by atoms with Gasteiger partial charge in [-0.25, -0.2) is 0 Å². The van der Waals surface area contributed by atoms with Gasteiger partial charge in [-0.1, -0.05) is 43.3 Å². The summed E-state index contributed by atoms with van der Waals surface area (Å²) in [6.07, 6.45) is 2.84. The Kier molecular flexibility index (Phi) is 8.43. The third-order valence-corrected chi connectivity index (χ3v) is 13.5. The molecule has 3 N–H and O–H groups in total. The van der Waals surface area contributed by atoms with Crippen molar-refractivity contribution in [2.24, 2.45) is 11.8 Å². The third kappa shape index (κ3) is 5.85. The third-order valence-electron chi connectivity index (χ3n) is 13.5. The topological polar surface area (TPSA) is 83.4 Å². The lowest BCUT2D eigenvalue weighted by Crippen LogP contribution is -2.82. The highest BCUT2D eigenvalue weighted by Gasteiger charge is 2.79. The number of aliphatic hydroxyl groups is 1. The number of phenolic OH excluding ortho intramolecular Hbond substituents is 1. The number of hydrogen-bond donors (Lipinski definition) is 3. The van der Waals surface area contributed by atoms with Gasteiger partial charge in [-0.15, -0.1) is 0 Å². The molecular weight excluding hydrogens is 681 g/mol. The molecule has 53 heavy (non-hydrogen) atoms. The zero-order valence-corrected chi connectivity index (χ0v) is 30.6. The van der Waals surface area contributed by atoms with Crippen molar-refractivity contribution in [3.8, 4) is 17.2 Å². The number of halogens is 3. The molecule has 2 bridgehead atoms. The Morgan fingerprint density at radius 2 is 1.77 bits per heavy atom. The highest BCUT2D eigenvalue weighted by atomic mass is 19.4. The molecule has 2 saturated heterocycles. The summed E-state index contributed by atoms with van der Waals surface area (Å²) in [5, 5.41) is 27.5. The molecule has 3 unspecified atom stereocenters. The van der Waals surface area contributed by atoms with Gasteiger partial charge in [-0.05, 0) is 125 Å². The monoisotopic (exact) mass is 732 g/mol. The van der Waals surface area contributed by atoms with Gasteiger partial charge < -0.3 is 29.7 Å². The molecule has 284 valence electrons. The fourth-order valence-corrected chi connectivity index (χ4v) is 11.3. The van der Waals surface area contributed by atoms with E-state index < -0.39 is 28.4 Å². The maximum Gasteiger partial charge on any atom is 0.416 e. The quantitative estimate of drug-likeness (QED) is 0.165. The summed E-state index contributed by atoms with van der Waals surface area (Å²) in [4.78, 5) is 2.56. The van der Waals surface area contributed by atoms with Crippen molar-refractivity contribution < 1.29 is 37.6 Å². The number of aromatic hydroxyl groups is 1. The van der Waals surface area contributed by atoms with E-state index in [4.69, 9.17) is 14.2 Å². The lowest BCUT2D eigenvalue weighted by atomic mass is 9.45. The lowest BCUT2D eigenvalue weighted by Gasteiger charge is -2.70. The van der Waals surface area contributed by atoms with Crippen LogP contribution < -0.4 is 14.8 Å². The first-order valence-corrected chi connectivity index (χ1v) is 19.6. The molecule has 3 heterocycles. The van der Waals surface area contributed by atoms with Crippen LogP contribution in [0.2, 0.25) is 0 Å². The van der Waals surface area contributed by atoms with E-state index in [9.17, 15) is 23.4 Å². The van der Waals surface area contributed by atoms with Crippen molar-refractivity contribution in [1.82, 2.24) is 10.2 Å². The number of rotatable bonds is 12. The molecule has 0 radical (unpaired) electrons. The zero-order chi connectivity index (χ0) is 36.8. The minimum atomic E-state index is -4.39. The summed E-state index contributed by atoms with van der Waals surface area (Å²) in [5.41, 5.74) is 0.137. The number of alkyl halides is 3. The second-order valence-electron chi connectivity index (χ2n) is 17.4. The average molecular weight is 733 g/mol. The number of ether oxygens (including phenoxy) is 3. The van der Waals surface area contributed by atoms with Crippen molar-refractivity contribution in [2.45, 2.75) is 118 Å². The second kappa shape index (κ2) is 12.6. The first kappa shape index (κ1) is 35.4. The number of likely N-dealkylation sites (tertiary alicyclic amines) is 1. The van der Waals surface area contributed by atoms with Crippen LogP contribution >= 0.6 is 0 Å². The van der Waals surface area contributed by atoms with E-state index in [0.717, 1.165) is 80.9 Å². The summed E-state index contributed by atoms with van der Waals surface area (Å²) in [6.45, 7) is 7.86. The molecule has 0 amide bonds. The molecule has 7 nitrogen and oxygen atoms in total. The van der Waals surface area contributed by atoms with E-state index in [1.165, 1.54) is 30.5 Å². The van der Waals surface area contributed by atoms with Crippen LogP contribution in [0.1, 0.15) is 93.6 Å². The Morgan fingerprint density at radius 3 is 2.49 bits per heavy atom. The molecule has 2 saturated carbocycles. The Labute approximate surface area is 309 Å². The van der Waals surface area contributed by atoms with Crippen molar-refractivity contribution in [3.63, 3.8) is 0 Å². The van der Waals surface area contributed by atoms with Gasteiger partial charge in [0.15, 0.2) is 11.5 Å². The second-order valence-corrected chi connectivity index (χ2v) is 17.4. The number of phenols is 1. The van der Waals surface area contributed by atoms with Crippen molar-refractivity contribution in [2.75, 3.05) is 26.2 Å². The smallest absolute Gasteiger partial charge is 0.416 e. The summed E-state index contributed by atoms with van der Waals surface area (Å²) < 4.78 is 59.5. The molecule has 8 atom stereocenters. The van der Waals surface area contributed by atoms with Crippen molar-refractivity contribution >= 4 is 0 Å². The Morgan fingerprint density at radius 1 is 1.02 bits per heavy atom. The van der Waals surface area contributed by atoms with E-state index in [0.29, 0.717) is 36.8 Å². The summed E-state index contributed by atoms with van der Waals surface area (Å²) in [7, 11) is 0. The van der Waals surface area contributed by atoms with Gasteiger partial charge in [-0.3, -0.25) is 4.90 Å². The van der Waals surface area contributed by atoms with Crippen LogP contribution in [0, 0.1) is 11.8 Å². The standard InChI is InChI=1S/C43H51F3N2O5/c1-27(24-47-20-16-34(29-6-4-3-5-7-29)51-32-13-11-31(12-14-32)43(44,45)46)23-39(2)26-40(53-39)17-18-42(50)35-22-30-10-15-33(49)37-36(30)41(42,38(40)52-37)19-21-48(35)25-28-8-9-28/h3-7,10-15,27-28,34-35,38,47,49-50H,8-9,16-26H2,1-2H3/t27?,34?,35-,38+,39?,40-,41+,42-/m1/s1. The molecule has 3 aliphatic heterocycles. The molecular formula is C43H51F3N2O5. The fraction of sp³-hybridized carbons (Fsp3) is 0.581. The fourth-order valence-electron chi connectivity index (χ4n) is 11.3. The Balaban J connectivity index is 0.843. The van der Waals surface area contributed by atoms with Crippen LogP contribution in [0.5, 0.6) is 17.2 Å². The van der Waals surface area contributed by atoms with E-state index in [1.807, 2.05) is 30.3 Å². The number of nitrogens with one attached hydrogen (secondary N) is 1. The van der Waals surface area contributed by atoms with Crippen LogP contribution in [-0.4, -0.2) is 70.2 Å². The molecule has 3 aromatic rings. The van der Waals surface area contributed by atoms with Gasteiger partial charge in [0, 0.05) is 31.0 Å². The molecule has 3 aliphatic carbocycles. The molecule has 10 heteroatoms. The normalized spacial score (nSPS) is 33.8. The predicted octanol–water partition coefficient (Wildman–Crippen LogP) is 7.72. The lowest BCUT2D eigenvalue weighted by molar-refractivity contribution is -0.343. The van der Waals surface area contributed by atoms with Gasteiger partial charge in [0.25, 0.3) is 0 Å². The minimum absolute atomic E-state index is 0.0441. The van der Waals surface area contributed by atoms with Crippen LogP contribution in [0.15, 0.2) is 66.7 Å². The maximum absolute atomic E-state index is 13.1. The van der Waals surface area contributed by atoms with Gasteiger partial charge in [-0.2, -0.15) is 13.2 Å². The van der Waals surface area contributed by atoms with Crippen LogP contribution in [0.3, 0.4) is 0 Å². The van der Waals surface area contributed by atoms with Crippen LogP contribution in [-0.2, 0) is 22.7 Å². The van der Waals surface area contributed by atoms with Crippen LogP contribution in [0.25, 0.3) is 0 Å². The summed E-state index contributed by atoms with van der Waals surface area (Å²) >= 11 is 0. The summed E-state index contributed by atoms with van der Waals surface area (Å²) in [5.74, 6) is 2.17. The molecule has 9 rings (SSSR count). The highest BCUT2D eigenvalue weighted by Crippen LogP contribution is 2.70. The summed E-state index contributed by atoms with van der Waals surface area (Å²) in [6, 6.07) is 18.5. The first-order chi connectivity index (χ1) is 25.3. The van der Waals surface area contributed by atoms with Crippen molar-refractivity contribution in [1.29, 1.82) is 0 Å². The van der Waals surface area contributed by atoms with Gasteiger partial charge >= 0.3 is 6.18 Å². The van der Waals surface area contributed by atoms with Crippen molar-refractivity contribution in [3.05, 3.63) is 89.0 Å². The van der Waals surface area contributed by atoms with Crippen LogP contribution in [0.4, 0.5) is 13.2 Å². The number of benzene rings is 3. The molecule has 4 fully saturated rings. The number of hydrogen-bond acceptors (Lipinski definition) is 7. The molecule has 6 aliphatic rings. The molecule has 2 spiro atoms. The number of piperidine rings is 1. The molecule has 0 aromatic heterocycles. The van der Waals surface area contributed by atoms with E-state index >= 15 is 0 Å². The Hall–Kier alpha value is -3.31. The average Bonchev–Trinajstić information content (AvgIpc) is 3.86. The van der Waals surface area contributed by atoms with Gasteiger partial charge in [0.2, 0.25) is 0 Å². The van der Waals surface area contributed by atoms with Gasteiger partial charge in [0.05, 0.1) is 22.2 Å². The maximum atomic E-state index is 13.1.